The van der Waals surface area contributed by atoms with Gasteiger partial charge in [0, 0.05) is 24.7 Å². The van der Waals surface area contributed by atoms with Crippen molar-refractivity contribution in [2.24, 2.45) is 0 Å². The smallest absolute Gasteiger partial charge is 0.410 e. The Hall–Kier alpha value is -3.27. The van der Waals surface area contributed by atoms with Gasteiger partial charge in [-0.25, -0.2) is 4.79 Å². The summed E-state index contributed by atoms with van der Waals surface area (Å²) in [5, 5.41) is 23.2. The van der Waals surface area contributed by atoms with Crippen molar-refractivity contribution in [3.63, 3.8) is 0 Å². The number of rotatable bonds is 11. The predicted molar refractivity (Wildman–Crippen MR) is 113 cm³/mol. The molecule has 0 heterocycles. The minimum absolute atomic E-state index is 0.0549. The van der Waals surface area contributed by atoms with Crippen molar-refractivity contribution in [2.45, 2.75) is 25.3 Å². The van der Waals surface area contributed by atoms with Crippen LogP contribution in [0, 0.1) is 10.1 Å². The fraction of sp³-hybridized carbons (Fsp3) is 0.300. The molecule has 3 N–H and O–H groups in total. The molecule has 0 saturated heterocycles. The van der Waals surface area contributed by atoms with Gasteiger partial charge in [-0.1, -0.05) is 42.5 Å². The molecule has 0 aromatic heterocycles. The molecule has 0 spiro atoms. The van der Waals surface area contributed by atoms with Crippen LogP contribution in [-0.4, -0.2) is 39.9 Å². The Morgan fingerprint density at radius 3 is 2.53 bits per heavy atom. The topological polar surface area (TPSA) is 165 Å². The Labute approximate surface area is 183 Å². The summed E-state index contributed by atoms with van der Waals surface area (Å²) >= 11 is 0. The van der Waals surface area contributed by atoms with Gasteiger partial charge in [-0.3, -0.25) is 24.8 Å². The van der Waals surface area contributed by atoms with E-state index in [0.717, 1.165) is 11.6 Å². The lowest BCUT2D eigenvalue weighted by molar-refractivity contribution is -0.385. The van der Waals surface area contributed by atoms with Gasteiger partial charge in [-0.05, 0) is 17.5 Å². The third-order valence-electron chi connectivity index (χ3n) is 4.28. The maximum atomic E-state index is 12.4. The Balaban J connectivity index is 1.69. The zero-order valence-electron chi connectivity index (χ0n) is 17.0. The summed E-state index contributed by atoms with van der Waals surface area (Å²) in [5.41, 5.74) is 0.408. The summed E-state index contributed by atoms with van der Waals surface area (Å²) in [7, 11) is -4.16. The van der Waals surface area contributed by atoms with Crippen LogP contribution < -0.4 is 5.32 Å². The molecular formula is C20H23N2O9P. The van der Waals surface area contributed by atoms with Gasteiger partial charge in [0.05, 0.1) is 4.92 Å². The monoisotopic (exact) mass is 466 g/mol. The van der Waals surface area contributed by atoms with E-state index in [9.17, 15) is 34.3 Å². The molecule has 172 valence electrons. The second-order valence-corrected chi connectivity index (χ2v) is 9.16. The highest BCUT2D eigenvalue weighted by Gasteiger charge is 2.31. The summed E-state index contributed by atoms with van der Waals surface area (Å²) in [6.45, 7) is -0.376. The molecule has 0 aliphatic heterocycles. The number of aliphatic hydroxyl groups is 1. The van der Waals surface area contributed by atoms with E-state index in [1.165, 1.54) is 18.2 Å². The number of alkyl carbamates (subject to hydrolysis) is 1. The lowest BCUT2D eigenvalue weighted by Crippen LogP contribution is -2.28. The highest BCUT2D eigenvalue weighted by Crippen LogP contribution is 2.54. The molecule has 2 aromatic carbocycles. The summed E-state index contributed by atoms with van der Waals surface area (Å²) < 4.78 is 22.1. The van der Waals surface area contributed by atoms with Crippen LogP contribution in [0.2, 0.25) is 0 Å². The number of nitrogens with zero attached hydrogens (tertiary/aromatic N) is 1. The quantitative estimate of drug-likeness (QED) is 0.148. The van der Waals surface area contributed by atoms with Gasteiger partial charge in [0.1, 0.15) is 6.61 Å². The van der Waals surface area contributed by atoms with E-state index in [1.807, 2.05) is 6.07 Å². The number of carbonyl (C=O) groups excluding carboxylic acids is 2. The molecule has 2 rings (SSSR count). The third-order valence-corrected chi connectivity index (χ3v) is 6.30. The molecule has 0 saturated carbocycles. The van der Waals surface area contributed by atoms with Crippen LogP contribution in [-0.2, 0) is 25.4 Å². The van der Waals surface area contributed by atoms with Crippen LogP contribution in [0.4, 0.5) is 10.5 Å². The van der Waals surface area contributed by atoms with Gasteiger partial charge < -0.3 is 19.5 Å². The van der Waals surface area contributed by atoms with Crippen molar-refractivity contribution in [1.29, 1.82) is 0 Å². The minimum Gasteiger partial charge on any atom is -0.445 e. The van der Waals surface area contributed by atoms with Crippen molar-refractivity contribution in [3.8, 4) is 0 Å². The zero-order valence-corrected chi connectivity index (χ0v) is 17.9. The van der Waals surface area contributed by atoms with E-state index in [4.69, 9.17) is 9.47 Å². The molecule has 11 nitrogen and oxygen atoms in total. The van der Waals surface area contributed by atoms with Crippen molar-refractivity contribution >= 4 is 25.1 Å². The first kappa shape index (κ1) is 25.0. The Morgan fingerprint density at radius 2 is 1.84 bits per heavy atom. The highest BCUT2D eigenvalue weighted by molar-refractivity contribution is 7.58. The zero-order chi connectivity index (χ0) is 23.6. The lowest BCUT2D eigenvalue weighted by Gasteiger charge is -2.18. The van der Waals surface area contributed by atoms with E-state index in [1.54, 1.807) is 24.3 Å². The molecule has 0 aliphatic carbocycles. The van der Waals surface area contributed by atoms with Gasteiger partial charge in [-0.15, -0.1) is 0 Å². The molecular weight excluding hydrogens is 443 g/mol. The van der Waals surface area contributed by atoms with Crippen LogP contribution >= 0.6 is 7.37 Å². The highest BCUT2D eigenvalue weighted by atomic mass is 31.2. The molecule has 32 heavy (non-hydrogen) atoms. The Kier molecular flexibility index (Phi) is 9.33. The van der Waals surface area contributed by atoms with Crippen LogP contribution in [0.15, 0.2) is 54.6 Å². The van der Waals surface area contributed by atoms with Crippen LogP contribution in [0.1, 0.15) is 29.8 Å². The first-order valence-corrected chi connectivity index (χ1v) is 11.4. The SMILES string of the molecule is O=C(CCCP(=O)(O)C(O)c1cccc([N+](=O)[O-])c1)OCNC(=O)OCc1ccccc1. The van der Waals surface area contributed by atoms with Crippen LogP contribution in [0.5, 0.6) is 0 Å². The van der Waals surface area contributed by atoms with E-state index < -0.39 is 43.1 Å². The first-order valence-electron chi connectivity index (χ1n) is 9.53. The van der Waals surface area contributed by atoms with Crippen LogP contribution in [0.3, 0.4) is 0 Å². The number of hydrogen-bond donors (Lipinski definition) is 3. The summed E-state index contributed by atoms with van der Waals surface area (Å²) in [6.07, 6.45) is -1.48. The third kappa shape index (κ3) is 8.10. The van der Waals surface area contributed by atoms with E-state index in [-0.39, 0.29) is 30.7 Å². The number of nitrogens with one attached hydrogen (secondary N) is 1. The summed E-state index contributed by atoms with van der Waals surface area (Å²) in [5.74, 6) is -2.54. The van der Waals surface area contributed by atoms with E-state index >= 15 is 0 Å². The largest absolute Gasteiger partial charge is 0.445 e. The van der Waals surface area contributed by atoms with Gasteiger partial charge in [0.15, 0.2) is 12.6 Å². The van der Waals surface area contributed by atoms with Gasteiger partial charge in [-0.2, -0.15) is 0 Å². The fourth-order valence-electron chi connectivity index (χ4n) is 2.63. The van der Waals surface area contributed by atoms with Gasteiger partial charge in [0.25, 0.3) is 5.69 Å². The average Bonchev–Trinajstić information content (AvgIpc) is 2.77. The van der Waals surface area contributed by atoms with Crippen molar-refractivity contribution in [1.82, 2.24) is 5.32 Å². The molecule has 0 fully saturated rings. The molecule has 0 aliphatic rings. The van der Waals surface area contributed by atoms with Crippen molar-refractivity contribution in [2.75, 3.05) is 12.9 Å². The number of hydrogen-bond acceptors (Lipinski definition) is 8. The number of carbonyl (C=O) groups is 2. The Morgan fingerprint density at radius 1 is 1.12 bits per heavy atom. The molecule has 1 amide bonds. The second kappa shape index (κ2) is 11.9. The number of amides is 1. The number of esters is 1. The number of aliphatic hydroxyl groups excluding tert-OH is 1. The number of nitro groups is 1. The van der Waals surface area contributed by atoms with E-state index in [2.05, 4.69) is 5.32 Å². The number of ether oxygens (including phenoxy) is 2. The summed E-state index contributed by atoms with van der Waals surface area (Å²) in [4.78, 5) is 43.5. The molecule has 0 radical (unpaired) electrons. The molecule has 2 unspecified atom stereocenters. The molecule has 2 atom stereocenters. The van der Waals surface area contributed by atoms with Crippen LogP contribution in [0.25, 0.3) is 0 Å². The standard InChI is InChI=1S/C20H23N2O9P/c23-18(31-14-21-20(25)30-13-15-6-2-1-3-7-15)10-5-11-32(28,29)19(24)16-8-4-9-17(12-16)22(26)27/h1-4,6-9,12,19,24H,5,10-11,13-14H2,(H,21,25)(H,28,29). The predicted octanol–water partition coefficient (Wildman–Crippen LogP) is 3.06. The fourth-order valence-corrected chi connectivity index (χ4v) is 4.11. The molecule has 2 aromatic rings. The average molecular weight is 466 g/mol. The molecule has 0 bridgehead atoms. The lowest BCUT2D eigenvalue weighted by atomic mass is 10.2. The van der Waals surface area contributed by atoms with Crippen molar-refractivity contribution < 1.29 is 38.6 Å². The number of non-ortho nitro benzene ring substituents is 1. The van der Waals surface area contributed by atoms with Crippen molar-refractivity contribution in [3.05, 3.63) is 75.8 Å². The maximum Gasteiger partial charge on any atom is 0.410 e. The van der Waals surface area contributed by atoms with Gasteiger partial charge >= 0.3 is 12.1 Å². The molecule has 12 heteroatoms. The number of nitro benzene ring substituents is 1. The summed E-state index contributed by atoms with van der Waals surface area (Å²) in [6, 6.07) is 13.8. The maximum absolute atomic E-state index is 12.4. The normalized spacial score (nSPS) is 13.4. The van der Waals surface area contributed by atoms with Gasteiger partial charge in [0.2, 0.25) is 7.37 Å². The first-order chi connectivity index (χ1) is 15.2. The van der Waals surface area contributed by atoms with E-state index in [0.29, 0.717) is 0 Å². The minimum atomic E-state index is -4.16. The second-order valence-electron chi connectivity index (χ2n) is 6.71. The number of benzene rings is 2. The Bertz CT molecular complexity index is 984.